The topological polar surface area (TPSA) is 63.6 Å². The molecule has 0 aliphatic heterocycles. The number of benzene rings is 1. The molecule has 198 valence electrons. The fraction of sp³-hybridized carbons (Fsp3) is 0.733. The first kappa shape index (κ1) is 29.8. The van der Waals surface area contributed by atoms with Gasteiger partial charge in [-0.1, -0.05) is 90.5 Å². The fourth-order valence-electron chi connectivity index (χ4n) is 5.17. The largest absolute Gasteiger partial charge is 0.481 e. The predicted molar refractivity (Wildman–Crippen MR) is 147 cm³/mol. The van der Waals surface area contributed by atoms with Gasteiger partial charge in [0.2, 0.25) is 0 Å². The van der Waals surface area contributed by atoms with Gasteiger partial charge >= 0.3 is 5.97 Å². The van der Waals surface area contributed by atoms with Crippen molar-refractivity contribution in [2.75, 3.05) is 0 Å². The molecule has 0 unspecified atom stereocenters. The SMILES string of the molecule is CCCCC[C@@H](O[Si](C)(C)C(C)(C)C)c1ccccc1[C@H]1CCC(=O)[C@H]1CCCCCCC(=O)O. The van der Waals surface area contributed by atoms with E-state index in [1.54, 1.807) is 0 Å². The van der Waals surface area contributed by atoms with Crippen LogP contribution in [-0.2, 0) is 14.0 Å². The van der Waals surface area contributed by atoms with Gasteiger partial charge in [-0.2, -0.15) is 0 Å². The van der Waals surface area contributed by atoms with Gasteiger partial charge < -0.3 is 9.53 Å². The average molecular weight is 503 g/mol. The van der Waals surface area contributed by atoms with Crippen LogP contribution < -0.4 is 0 Å². The number of carbonyl (C=O) groups excluding carboxylic acids is 1. The molecule has 1 aliphatic rings. The first-order valence-corrected chi connectivity index (χ1v) is 16.9. The number of aliphatic carboxylic acids is 1. The first-order valence-electron chi connectivity index (χ1n) is 14.0. The van der Waals surface area contributed by atoms with Crippen LogP contribution in [0.1, 0.15) is 128 Å². The van der Waals surface area contributed by atoms with Gasteiger partial charge in [-0.3, -0.25) is 9.59 Å². The van der Waals surface area contributed by atoms with Crippen LogP contribution in [0, 0.1) is 5.92 Å². The molecule has 1 aliphatic carbocycles. The zero-order chi connectivity index (χ0) is 26.1. The summed E-state index contributed by atoms with van der Waals surface area (Å²) in [6, 6.07) is 8.76. The van der Waals surface area contributed by atoms with Crippen LogP contribution in [0.15, 0.2) is 24.3 Å². The van der Waals surface area contributed by atoms with Crippen molar-refractivity contribution in [3.05, 3.63) is 35.4 Å². The van der Waals surface area contributed by atoms with Gasteiger partial charge in [0.05, 0.1) is 6.10 Å². The van der Waals surface area contributed by atoms with Crippen molar-refractivity contribution in [2.24, 2.45) is 5.92 Å². The highest BCUT2D eigenvalue weighted by Crippen LogP contribution is 2.46. The Morgan fingerprint density at radius 3 is 2.43 bits per heavy atom. The zero-order valence-corrected chi connectivity index (χ0v) is 24.2. The number of hydrogen-bond acceptors (Lipinski definition) is 3. The molecule has 2 rings (SSSR count). The number of carbonyl (C=O) groups is 2. The molecule has 1 fully saturated rings. The van der Waals surface area contributed by atoms with Crippen LogP contribution >= 0.6 is 0 Å². The van der Waals surface area contributed by atoms with E-state index in [1.807, 2.05) is 0 Å². The molecule has 0 bridgehead atoms. The molecule has 3 atom stereocenters. The van der Waals surface area contributed by atoms with E-state index in [0.717, 1.165) is 51.4 Å². The third kappa shape index (κ3) is 8.85. The fourth-order valence-corrected chi connectivity index (χ4v) is 6.48. The molecular weight excluding hydrogens is 452 g/mol. The summed E-state index contributed by atoms with van der Waals surface area (Å²) in [4.78, 5) is 23.7. The van der Waals surface area contributed by atoms with E-state index in [4.69, 9.17) is 9.53 Å². The Kier molecular flexibility index (Phi) is 11.7. The molecule has 1 N–H and O–H groups in total. The first-order chi connectivity index (χ1) is 16.5. The normalized spacial score (nSPS) is 19.8. The molecule has 1 aromatic rings. The molecule has 5 heteroatoms. The summed E-state index contributed by atoms with van der Waals surface area (Å²) in [5.74, 6) is 0.0402. The predicted octanol–water partition coefficient (Wildman–Crippen LogP) is 8.82. The number of Topliss-reactive ketones (excluding diaryl/α,β-unsaturated/α-hetero) is 1. The Morgan fingerprint density at radius 2 is 1.77 bits per heavy atom. The van der Waals surface area contributed by atoms with Gasteiger partial charge in [0.1, 0.15) is 5.78 Å². The molecule has 4 nitrogen and oxygen atoms in total. The second kappa shape index (κ2) is 13.7. The molecule has 0 radical (unpaired) electrons. The molecule has 0 amide bonds. The average Bonchev–Trinajstić information content (AvgIpc) is 3.14. The minimum atomic E-state index is -1.95. The van der Waals surface area contributed by atoms with E-state index in [-0.39, 0.29) is 29.4 Å². The molecule has 0 aromatic heterocycles. The van der Waals surface area contributed by atoms with Crippen molar-refractivity contribution >= 4 is 20.1 Å². The maximum atomic E-state index is 12.9. The smallest absolute Gasteiger partial charge is 0.303 e. The zero-order valence-electron chi connectivity index (χ0n) is 23.2. The van der Waals surface area contributed by atoms with Gasteiger partial charge in [0, 0.05) is 18.8 Å². The number of hydrogen-bond donors (Lipinski definition) is 1. The number of rotatable bonds is 15. The Hall–Kier alpha value is -1.46. The van der Waals surface area contributed by atoms with E-state index in [0.29, 0.717) is 12.2 Å². The molecule has 0 heterocycles. The molecule has 1 aromatic carbocycles. The summed E-state index contributed by atoms with van der Waals surface area (Å²) in [6.45, 7) is 13.8. The maximum absolute atomic E-state index is 12.9. The molecular formula is C30H50O4Si. The van der Waals surface area contributed by atoms with Gasteiger partial charge in [0.25, 0.3) is 0 Å². The van der Waals surface area contributed by atoms with Crippen LogP contribution in [-0.4, -0.2) is 25.2 Å². The Bertz CT molecular complexity index is 811. The third-order valence-electron chi connectivity index (χ3n) is 8.31. The summed E-state index contributed by atoms with van der Waals surface area (Å²) in [5.41, 5.74) is 2.63. The van der Waals surface area contributed by atoms with Crippen LogP contribution in [0.25, 0.3) is 0 Å². The van der Waals surface area contributed by atoms with Gasteiger partial charge in [-0.15, -0.1) is 0 Å². The summed E-state index contributed by atoms with van der Waals surface area (Å²) < 4.78 is 7.05. The van der Waals surface area contributed by atoms with Crippen molar-refractivity contribution in [3.8, 4) is 0 Å². The minimum absolute atomic E-state index is 0.0831. The lowest BCUT2D eigenvalue weighted by Gasteiger charge is -2.40. The maximum Gasteiger partial charge on any atom is 0.303 e. The van der Waals surface area contributed by atoms with E-state index < -0.39 is 14.3 Å². The lowest BCUT2D eigenvalue weighted by atomic mass is 9.81. The third-order valence-corrected chi connectivity index (χ3v) is 12.8. The minimum Gasteiger partial charge on any atom is -0.481 e. The molecule has 0 saturated heterocycles. The van der Waals surface area contributed by atoms with Crippen molar-refractivity contribution in [1.29, 1.82) is 0 Å². The standard InChI is InChI=1S/C30H50O4Si/c1-7-8-11-19-28(34-35(5,6)30(2,3)4)26-18-15-14-16-23(26)24-21-22-27(31)25(24)17-12-9-10-13-20-29(32)33/h14-16,18,24-25,28H,7-13,17,19-22H2,1-6H3,(H,32,33)/t24-,25+,28-/m1/s1. The summed E-state index contributed by atoms with van der Waals surface area (Å²) in [7, 11) is -1.95. The van der Waals surface area contributed by atoms with Crippen LogP contribution in [0.4, 0.5) is 0 Å². The molecule has 1 saturated carbocycles. The van der Waals surface area contributed by atoms with Crippen LogP contribution in [0.3, 0.4) is 0 Å². The van der Waals surface area contributed by atoms with E-state index in [9.17, 15) is 9.59 Å². The summed E-state index contributed by atoms with van der Waals surface area (Å²) >= 11 is 0. The van der Waals surface area contributed by atoms with Gasteiger partial charge in [-0.25, -0.2) is 0 Å². The van der Waals surface area contributed by atoms with Crippen molar-refractivity contribution in [2.45, 2.75) is 135 Å². The Labute approximate surface area is 215 Å². The summed E-state index contributed by atoms with van der Waals surface area (Å²) in [6.07, 6.45) is 11.1. The van der Waals surface area contributed by atoms with Crippen molar-refractivity contribution in [3.63, 3.8) is 0 Å². The van der Waals surface area contributed by atoms with E-state index in [2.05, 4.69) is 65.1 Å². The highest BCUT2D eigenvalue weighted by molar-refractivity contribution is 6.74. The Morgan fingerprint density at radius 1 is 1.09 bits per heavy atom. The Balaban J connectivity index is 2.21. The number of unbranched alkanes of at least 4 members (excludes halogenated alkanes) is 5. The second-order valence-electron chi connectivity index (χ2n) is 12.1. The van der Waals surface area contributed by atoms with E-state index >= 15 is 0 Å². The second-order valence-corrected chi connectivity index (χ2v) is 16.8. The lowest BCUT2D eigenvalue weighted by molar-refractivity contribution is -0.137. The monoisotopic (exact) mass is 502 g/mol. The molecule has 0 spiro atoms. The number of carboxylic acids is 1. The van der Waals surface area contributed by atoms with Crippen molar-refractivity contribution < 1.29 is 19.1 Å². The number of ketones is 1. The molecule has 35 heavy (non-hydrogen) atoms. The summed E-state index contributed by atoms with van der Waals surface area (Å²) in [5, 5.41) is 8.99. The number of carboxylic acid groups (broad SMARTS) is 1. The highest BCUT2D eigenvalue weighted by atomic mass is 28.4. The van der Waals surface area contributed by atoms with E-state index in [1.165, 1.54) is 24.0 Å². The van der Waals surface area contributed by atoms with Crippen LogP contribution in [0.2, 0.25) is 18.1 Å². The van der Waals surface area contributed by atoms with Gasteiger partial charge in [-0.05, 0) is 60.9 Å². The highest BCUT2D eigenvalue weighted by Gasteiger charge is 2.41. The van der Waals surface area contributed by atoms with Crippen molar-refractivity contribution in [1.82, 2.24) is 0 Å². The lowest BCUT2D eigenvalue weighted by Crippen LogP contribution is -2.42. The van der Waals surface area contributed by atoms with Crippen LogP contribution in [0.5, 0.6) is 0 Å². The quantitative estimate of drug-likeness (QED) is 0.192. The van der Waals surface area contributed by atoms with Gasteiger partial charge in [0.15, 0.2) is 8.32 Å².